The molecule has 2 aliphatic rings. The van der Waals surface area contributed by atoms with Gasteiger partial charge < -0.3 is 8.83 Å². The van der Waals surface area contributed by atoms with Crippen LogP contribution in [0, 0.1) is 11.8 Å². The molecule has 9 aromatic rings. The molecule has 66 heavy (non-hydrogen) atoms. The number of furan rings is 2. The Labute approximate surface area is 389 Å². The summed E-state index contributed by atoms with van der Waals surface area (Å²) < 4.78 is 13.3. The van der Waals surface area contributed by atoms with Crippen LogP contribution in [0.1, 0.15) is 111 Å². The molecule has 0 bridgehead atoms. The van der Waals surface area contributed by atoms with Gasteiger partial charge in [0.05, 0.1) is 0 Å². The van der Waals surface area contributed by atoms with Gasteiger partial charge in [0.2, 0.25) is 0 Å². The standard InChI is InChI=1S/C64H58O2/c1-5-43-34-53(41(3)42(4)54(45-22-13-8-14-23-45)38-55(43)46-24-15-9-16-25-46)50-31-33-62-58(37-50)60-39-59-57-36-49(30-32-61(57)65-63(59)40-64(60)66-62)52-29-19-28-48(44-20-11-7-12-21-44)35-56(51(52)6-2)47-26-17-10-18-27-47/h7-18,20-27,30-33,35-40,42-43,48,55H,5-6,19,28-29,34H2,1-4H3/b52-51?,53-41+,54-38+,56-35-/t42?,43?,48?,55-/m1/s1. The van der Waals surface area contributed by atoms with E-state index in [4.69, 9.17) is 8.83 Å². The molecule has 4 atom stereocenters. The summed E-state index contributed by atoms with van der Waals surface area (Å²) >= 11 is 0. The van der Waals surface area contributed by atoms with Gasteiger partial charge in [-0.05, 0) is 137 Å². The molecule has 7 aromatic carbocycles. The molecule has 2 heterocycles. The fraction of sp³-hybridized carbons (Fsp3) is 0.219. The summed E-state index contributed by atoms with van der Waals surface area (Å²) in [5, 5.41) is 4.56. The van der Waals surface area contributed by atoms with E-state index in [0.29, 0.717) is 17.8 Å². The molecule has 2 nitrogen and oxygen atoms in total. The van der Waals surface area contributed by atoms with Gasteiger partial charge in [0.1, 0.15) is 22.3 Å². The number of fused-ring (bicyclic) bond motifs is 6. The molecule has 0 saturated heterocycles. The quantitative estimate of drug-likeness (QED) is 0.152. The first-order valence-corrected chi connectivity index (χ1v) is 24.3. The molecule has 0 N–H and O–H groups in total. The normalized spacial score (nSPS) is 22.4. The summed E-state index contributed by atoms with van der Waals surface area (Å²) in [7, 11) is 0. The van der Waals surface area contributed by atoms with Crippen molar-refractivity contribution in [1.82, 2.24) is 0 Å². The topological polar surface area (TPSA) is 26.3 Å². The number of allylic oxidation sites excluding steroid dienone is 8. The Morgan fingerprint density at radius 3 is 1.65 bits per heavy atom. The van der Waals surface area contributed by atoms with Crippen LogP contribution >= 0.6 is 0 Å². The zero-order chi connectivity index (χ0) is 44.7. The second kappa shape index (κ2) is 17.8. The van der Waals surface area contributed by atoms with E-state index in [2.05, 4.69) is 210 Å². The van der Waals surface area contributed by atoms with Crippen LogP contribution in [0.25, 0.3) is 66.2 Å². The fourth-order valence-electron chi connectivity index (χ4n) is 11.5. The Hall–Kier alpha value is -6.90. The van der Waals surface area contributed by atoms with Gasteiger partial charge in [0, 0.05) is 45.4 Å². The van der Waals surface area contributed by atoms with Crippen LogP contribution in [0.2, 0.25) is 0 Å². The molecule has 0 saturated carbocycles. The Balaban J connectivity index is 1.03. The van der Waals surface area contributed by atoms with Crippen LogP contribution in [-0.2, 0) is 0 Å². The molecule has 0 radical (unpaired) electrons. The van der Waals surface area contributed by atoms with E-state index < -0.39 is 0 Å². The summed E-state index contributed by atoms with van der Waals surface area (Å²) in [6.45, 7) is 9.46. The third-order valence-electron chi connectivity index (χ3n) is 15.2. The van der Waals surface area contributed by atoms with Gasteiger partial charge in [-0.3, -0.25) is 0 Å². The Morgan fingerprint density at radius 1 is 0.515 bits per heavy atom. The maximum Gasteiger partial charge on any atom is 0.139 e. The molecule has 11 rings (SSSR count). The molecular weight excluding hydrogens is 801 g/mol. The predicted molar refractivity (Wildman–Crippen MR) is 279 cm³/mol. The smallest absolute Gasteiger partial charge is 0.139 e. The van der Waals surface area contributed by atoms with Crippen molar-refractivity contribution in [3.63, 3.8) is 0 Å². The molecule has 2 aromatic heterocycles. The molecule has 2 aliphatic carbocycles. The lowest BCUT2D eigenvalue weighted by molar-refractivity contribution is 0.468. The highest BCUT2D eigenvalue weighted by molar-refractivity contribution is 6.16. The molecule has 326 valence electrons. The second-order valence-electron chi connectivity index (χ2n) is 18.8. The number of hydrogen-bond acceptors (Lipinski definition) is 2. The van der Waals surface area contributed by atoms with Gasteiger partial charge in [-0.1, -0.05) is 178 Å². The Bertz CT molecular complexity index is 3340. The van der Waals surface area contributed by atoms with Crippen LogP contribution in [0.5, 0.6) is 0 Å². The van der Waals surface area contributed by atoms with Crippen molar-refractivity contribution in [2.75, 3.05) is 0 Å². The summed E-state index contributed by atoms with van der Waals surface area (Å²) in [5.74, 6) is 1.37. The first kappa shape index (κ1) is 41.8. The molecule has 3 unspecified atom stereocenters. The molecular formula is C64H58O2. The van der Waals surface area contributed by atoms with Crippen molar-refractivity contribution in [3.8, 4) is 0 Å². The second-order valence-corrected chi connectivity index (χ2v) is 18.8. The molecule has 0 amide bonds. The highest BCUT2D eigenvalue weighted by atomic mass is 16.3. The van der Waals surface area contributed by atoms with Gasteiger partial charge in [0.15, 0.2) is 0 Å². The van der Waals surface area contributed by atoms with Crippen molar-refractivity contribution in [2.24, 2.45) is 11.8 Å². The van der Waals surface area contributed by atoms with E-state index in [1.165, 1.54) is 66.8 Å². The first-order chi connectivity index (χ1) is 32.4. The van der Waals surface area contributed by atoms with E-state index in [1.807, 2.05) is 0 Å². The minimum atomic E-state index is 0.250. The van der Waals surface area contributed by atoms with Crippen LogP contribution in [-0.4, -0.2) is 0 Å². The molecule has 0 spiro atoms. The van der Waals surface area contributed by atoms with E-state index in [-0.39, 0.29) is 5.92 Å². The summed E-state index contributed by atoms with van der Waals surface area (Å²) in [6.07, 6.45) is 11.5. The fourth-order valence-corrected chi connectivity index (χ4v) is 11.5. The summed E-state index contributed by atoms with van der Waals surface area (Å²) in [4.78, 5) is 0. The number of hydrogen-bond donors (Lipinski definition) is 0. The molecule has 0 fully saturated rings. The van der Waals surface area contributed by atoms with Crippen molar-refractivity contribution in [3.05, 3.63) is 227 Å². The summed E-state index contributed by atoms with van der Waals surface area (Å²) in [6, 6.07) is 62.5. The van der Waals surface area contributed by atoms with Crippen molar-refractivity contribution >= 4 is 66.2 Å². The van der Waals surface area contributed by atoms with Crippen LogP contribution < -0.4 is 0 Å². The lowest BCUT2D eigenvalue weighted by Gasteiger charge is -2.33. The van der Waals surface area contributed by atoms with Gasteiger partial charge in [-0.25, -0.2) is 0 Å². The third-order valence-corrected chi connectivity index (χ3v) is 15.2. The van der Waals surface area contributed by atoms with Crippen LogP contribution in [0.15, 0.2) is 202 Å². The maximum atomic E-state index is 6.65. The van der Waals surface area contributed by atoms with Gasteiger partial charge in [-0.15, -0.1) is 0 Å². The van der Waals surface area contributed by atoms with Crippen LogP contribution in [0.3, 0.4) is 0 Å². The van der Waals surface area contributed by atoms with Crippen molar-refractivity contribution in [2.45, 2.75) is 78.1 Å². The average Bonchev–Trinajstić information content (AvgIpc) is 3.91. The van der Waals surface area contributed by atoms with Crippen molar-refractivity contribution < 1.29 is 8.83 Å². The SMILES string of the molecule is CCC1=C(c2ccc3oc4cc5oc6ccc(/C7=C(\C)C(C)/C(c8ccccc8)=C\[C@@H](c8ccccc8)C(CC)C7)cc6c5cc4c3c2)CCCC(c2ccccc2)/C=C\1c1ccccc1. The van der Waals surface area contributed by atoms with E-state index in [9.17, 15) is 0 Å². The Kier molecular flexibility index (Phi) is 11.3. The van der Waals surface area contributed by atoms with E-state index in [1.54, 1.807) is 0 Å². The van der Waals surface area contributed by atoms with E-state index in [0.717, 1.165) is 82.4 Å². The molecule has 2 heteroatoms. The average molecular weight is 859 g/mol. The first-order valence-electron chi connectivity index (χ1n) is 24.3. The monoisotopic (exact) mass is 858 g/mol. The zero-order valence-electron chi connectivity index (χ0n) is 38.7. The minimum Gasteiger partial charge on any atom is -0.456 e. The van der Waals surface area contributed by atoms with Gasteiger partial charge >= 0.3 is 0 Å². The lowest BCUT2D eigenvalue weighted by atomic mass is 9.71. The largest absolute Gasteiger partial charge is 0.456 e. The summed E-state index contributed by atoms with van der Waals surface area (Å²) in [5.41, 5.74) is 20.0. The van der Waals surface area contributed by atoms with Crippen molar-refractivity contribution in [1.29, 1.82) is 0 Å². The predicted octanol–water partition coefficient (Wildman–Crippen LogP) is 18.4. The highest BCUT2D eigenvalue weighted by Crippen LogP contribution is 2.47. The third kappa shape index (κ3) is 7.67. The van der Waals surface area contributed by atoms with Gasteiger partial charge in [0.25, 0.3) is 0 Å². The Morgan fingerprint density at radius 2 is 1.06 bits per heavy atom. The van der Waals surface area contributed by atoms with Crippen LogP contribution in [0.4, 0.5) is 0 Å². The van der Waals surface area contributed by atoms with Gasteiger partial charge in [-0.2, -0.15) is 0 Å². The maximum absolute atomic E-state index is 6.65. The number of benzene rings is 7. The zero-order valence-corrected chi connectivity index (χ0v) is 38.7. The van der Waals surface area contributed by atoms with E-state index >= 15 is 0 Å². The lowest BCUT2D eigenvalue weighted by Crippen LogP contribution is -2.17. The highest BCUT2D eigenvalue weighted by Gasteiger charge is 2.30. The molecule has 0 aliphatic heterocycles. The number of rotatable bonds is 8. The minimum absolute atomic E-state index is 0.250.